The third-order valence-electron chi connectivity index (χ3n) is 4.22. The van der Waals surface area contributed by atoms with Crippen molar-refractivity contribution >= 4 is 34.1 Å². The van der Waals surface area contributed by atoms with E-state index in [4.69, 9.17) is 0 Å². The molecular formula is C20H15N5O3S. The second-order valence-corrected chi connectivity index (χ2v) is 6.99. The number of hydrogen-bond acceptors (Lipinski definition) is 6. The third-order valence-corrected chi connectivity index (χ3v) is 5.11. The van der Waals surface area contributed by atoms with Crippen LogP contribution < -0.4 is 5.43 Å². The lowest BCUT2D eigenvalue weighted by Gasteiger charge is -2.00. The van der Waals surface area contributed by atoms with E-state index in [9.17, 15) is 14.9 Å². The van der Waals surface area contributed by atoms with E-state index in [0.717, 1.165) is 21.9 Å². The average molecular weight is 405 g/mol. The summed E-state index contributed by atoms with van der Waals surface area (Å²) in [6, 6.07) is 16.0. The smallest absolute Gasteiger partial charge is 0.278 e. The van der Waals surface area contributed by atoms with Crippen LogP contribution in [0.4, 0.5) is 5.69 Å². The summed E-state index contributed by atoms with van der Waals surface area (Å²) >= 11 is 1.46. The average Bonchev–Trinajstić information content (AvgIpc) is 3.31. The van der Waals surface area contributed by atoms with Crippen molar-refractivity contribution in [1.29, 1.82) is 0 Å². The van der Waals surface area contributed by atoms with Crippen LogP contribution >= 0.6 is 11.3 Å². The van der Waals surface area contributed by atoms with Gasteiger partial charge in [-0.15, -0.1) is 11.3 Å². The number of nitro groups is 1. The standard InChI is InChI=1S/C20H15N5O3S/c26-19(23-21-11-15-8-4-5-9-18(15)25(27)28)10-16-13-29-20-22-17(12-24(16)20)14-6-2-1-3-7-14/h1-9,11-13H,10H2,(H,23,26)/b21-11+. The summed E-state index contributed by atoms with van der Waals surface area (Å²) in [5, 5.41) is 16.7. The molecule has 29 heavy (non-hydrogen) atoms. The number of imidazole rings is 1. The second-order valence-electron chi connectivity index (χ2n) is 6.16. The first-order chi connectivity index (χ1) is 14.1. The van der Waals surface area contributed by atoms with Crippen LogP contribution in [0.15, 0.2) is 71.3 Å². The maximum Gasteiger partial charge on any atom is 0.278 e. The molecule has 2 aromatic heterocycles. The number of hydrazone groups is 1. The minimum Gasteiger partial charge on any atom is -0.294 e. The highest BCUT2D eigenvalue weighted by molar-refractivity contribution is 7.15. The number of fused-ring (bicyclic) bond motifs is 1. The number of thiazole rings is 1. The largest absolute Gasteiger partial charge is 0.294 e. The Morgan fingerprint density at radius 3 is 2.76 bits per heavy atom. The lowest BCUT2D eigenvalue weighted by Crippen LogP contribution is -2.20. The van der Waals surface area contributed by atoms with E-state index in [1.807, 2.05) is 46.3 Å². The van der Waals surface area contributed by atoms with Crippen LogP contribution in [-0.2, 0) is 11.2 Å². The number of para-hydroxylation sites is 1. The summed E-state index contributed by atoms with van der Waals surface area (Å²) in [5.74, 6) is -0.325. The number of aromatic nitrogens is 2. The Morgan fingerprint density at radius 1 is 1.21 bits per heavy atom. The topological polar surface area (TPSA) is 102 Å². The SMILES string of the molecule is O=C(Cc1csc2nc(-c3ccccc3)cn12)N/N=C/c1ccccc1[N+](=O)[O-]. The van der Waals surface area contributed by atoms with Crippen molar-refractivity contribution in [2.45, 2.75) is 6.42 Å². The van der Waals surface area contributed by atoms with Crippen molar-refractivity contribution in [2.24, 2.45) is 5.10 Å². The highest BCUT2D eigenvalue weighted by Crippen LogP contribution is 2.23. The monoisotopic (exact) mass is 405 g/mol. The molecule has 1 amide bonds. The molecule has 2 heterocycles. The van der Waals surface area contributed by atoms with E-state index in [2.05, 4.69) is 15.5 Å². The van der Waals surface area contributed by atoms with E-state index < -0.39 is 4.92 Å². The summed E-state index contributed by atoms with van der Waals surface area (Å²) in [6.07, 6.45) is 3.28. The molecule has 9 heteroatoms. The van der Waals surface area contributed by atoms with Gasteiger partial charge in [0.2, 0.25) is 5.91 Å². The number of nitrogens with one attached hydrogen (secondary N) is 1. The van der Waals surface area contributed by atoms with Gasteiger partial charge < -0.3 is 0 Å². The van der Waals surface area contributed by atoms with Gasteiger partial charge in [0.25, 0.3) is 5.69 Å². The number of benzene rings is 2. The fourth-order valence-electron chi connectivity index (χ4n) is 2.85. The number of nitro benzene ring substituents is 1. The predicted octanol–water partition coefficient (Wildman–Crippen LogP) is 3.66. The maximum absolute atomic E-state index is 12.3. The molecular weight excluding hydrogens is 390 g/mol. The molecule has 4 aromatic rings. The van der Waals surface area contributed by atoms with E-state index in [1.54, 1.807) is 18.2 Å². The number of rotatable bonds is 6. The molecule has 0 unspecified atom stereocenters. The predicted molar refractivity (Wildman–Crippen MR) is 111 cm³/mol. The van der Waals surface area contributed by atoms with Crippen LogP contribution in [0.5, 0.6) is 0 Å². The summed E-state index contributed by atoms with van der Waals surface area (Å²) < 4.78 is 1.89. The van der Waals surface area contributed by atoms with Crippen molar-refractivity contribution in [3.63, 3.8) is 0 Å². The summed E-state index contributed by atoms with van der Waals surface area (Å²) in [6.45, 7) is 0. The third kappa shape index (κ3) is 4.04. The van der Waals surface area contributed by atoms with Gasteiger partial charge in [-0.25, -0.2) is 10.4 Å². The summed E-state index contributed by atoms with van der Waals surface area (Å²) in [5.41, 5.74) is 5.30. The second kappa shape index (κ2) is 8.03. The molecule has 0 aliphatic rings. The van der Waals surface area contributed by atoms with Gasteiger partial charge in [-0.2, -0.15) is 5.10 Å². The molecule has 0 spiro atoms. The first-order valence-corrected chi connectivity index (χ1v) is 9.56. The molecule has 0 saturated heterocycles. The Balaban J connectivity index is 1.46. The zero-order valence-electron chi connectivity index (χ0n) is 15.1. The molecule has 0 aliphatic heterocycles. The Hall–Kier alpha value is -3.85. The molecule has 0 radical (unpaired) electrons. The Kier molecular flexibility index (Phi) is 5.12. The number of nitrogens with zero attached hydrogens (tertiary/aromatic N) is 4. The Labute approximate surface area is 169 Å². The van der Waals surface area contributed by atoms with Crippen LogP contribution in [-0.4, -0.2) is 26.4 Å². The molecule has 0 aliphatic carbocycles. The van der Waals surface area contributed by atoms with Gasteiger partial charge in [-0.3, -0.25) is 19.3 Å². The van der Waals surface area contributed by atoms with Gasteiger partial charge in [0.1, 0.15) is 0 Å². The number of carbonyl (C=O) groups excluding carboxylic acids is 1. The first-order valence-electron chi connectivity index (χ1n) is 8.68. The van der Waals surface area contributed by atoms with E-state index in [0.29, 0.717) is 5.56 Å². The van der Waals surface area contributed by atoms with Crippen LogP contribution in [0, 0.1) is 10.1 Å². The van der Waals surface area contributed by atoms with E-state index in [1.165, 1.54) is 23.6 Å². The maximum atomic E-state index is 12.3. The molecule has 4 rings (SSSR count). The fourth-order valence-corrected chi connectivity index (χ4v) is 3.72. The number of amides is 1. The Morgan fingerprint density at radius 2 is 1.97 bits per heavy atom. The van der Waals surface area contributed by atoms with Gasteiger partial charge in [0.15, 0.2) is 4.96 Å². The molecule has 0 fully saturated rings. The Bertz CT molecular complexity index is 1210. The molecule has 0 atom stereocenters. The zero-order chi connectivity index (χ0) is 20.2. The molecule has 2 aromatic carbocycles. The van der Waals surface area contributed by atoms with Crippen molar-refractivity contribution < 1.29 is 9.72 Å². The molecule has 144 valence electrons. The van der Waals surface area contributed by atoms with Crippen molar-refractivity contribution in [3.05, 3.63) is 87.5 Å². The van der Waals surface area contributed by atoms with Gasteiger partial charge in [-0.1, -0.05) is 42.5 Å². The van der Waals surface area contributed by atoms with Crippen LogP contribution in [0.2, 0.25) is 0 Å². The quantitative estimate of drug-likeness (QED) is 0.300. The van der Waals surface area contributed by atoms with Crippen LogP contribution in [0.25, 0.3) is 16.2 Å². The molecule has 0 saturated carbocycles. The number of hydrogen-bond donors (Lipinski definition) is 1. The normalized spacial score (nSPS) is 11.2. The van der Waals surface area contributed by atoms with Crippen LogP contribution in [0.1, 0.15) is 11.3 Å². The number of carbonyl (C=O) groups is 1. The van der Waals surface area contributed by atoms with Gasteiger partial charge in [-0.05, 0) is 6.07 Å². The van der Waals surface area contributed by atoms with E-state index >= 15 is 0 Å². The first kappa shape index (κ1) is 18.5. The fraction of sp³-hybridized carbons (Fsp3) is 0.0500. The van der Waals surface area contributed by atoms with E-state index in [-0.39, 0.29) is 18.0 Å². The minimum atomic E-state index is -0.491. The molecule has 8 nitrogen and oxygen atoms in total. The van der Waals surface area contributed by atoms with Crippen LogP contribution in [0.3, 0.4) is 0 Å². The highest BCUT2D eigenvalue weighted by atomic mass is 32.1. The van der Waals surface area contributed by atoms with Gasteiger partial charge in [0.05, 0.1) is 28.8 Å². The zero-order valence-corrected chi connectivity index (χ0v) is 15.9. The minimum absolute atomic E-state index is 0.0723. The summed E-state index contributed by atoms with van der Waals surface area (Å²) in [7, 11) is 0. The summed E-state index contributed by atoms with van der Waals surface area (Å²) in [4.78, 5) is 28.2. The van der Waals surface area contributed by atoms with Crippen molar-refractivity contribution in [3.8, 4) is 11.3 Å². The molecule has 1 N–H and O–H groups in total. The van der Waals surface area contributed by atoms with Gasteiger partial charge in [0, 0.05) is 28.9 Å². The van der Waals surface area contributed by atoms with Crippen molar-refractivity contribution in [1.82, 2.24) is 14.8 Å². The molecule has 0 bridgehead atoms. The lowest BCUT2D eigenvalue weighted by molar-refractivity contribution is -0.385. The lowest BCUT2D eigenvalue weighted by atomic mass is 10.2. The van der Waals surface area contributed by atoms with Crippen molar-refractivity contribution in [2.75, 3.05) is 0 Å². The highest BCUT2D eigenvalue weighted by Gasteiger charge is 2.13. The van der Waals surface area contributed by atoms with Gasteiger partial charge >= 0.3 is 0 Å².